The zero-order valence-electron chi connectivity index (χ0n) is 11.8. The quantitative estimate of drug-likeness (QED) is 0.688. The predicted octanol–water partition coefficient (Wildman–Crippen LogP) is -1.17. The van der Waals surface area contributed by atoms with E-state index in [1.807, 2.05) is 30.9 Å². The van der Waals surface area contributed by atoms with E-state index in [0.29, 0.717) is 6.54 Å². The third kappa shape index (κ3) is 4.62. The molecule has 1 saturated heterocycles. The Morgan fingerprint density at radius 1 is 1.22 bits per heavy atom. The van der Waals surface area contributed by atoms with Crippen molar-refractivity contribution < 1.29 is 9.59 Å². The predicted molar refractivity (Wildman–Crippen MR) is 70.2 cm³/mol. The summed E-state index contributed by atoms with van der Waals surface area (Å²) in [4.78, 5) is 29.5. The molecule has 1 N–H and O–H groups in total. The molecule has 0 saturated carbocycles. The molecule has 0 aromatic carbocycles. The summed E-state index contributed by atoms with van der Waals surface area (Å²) in [5.41, 5.74) is 0. The molecule has 0 spiro atoms. The molecule has 0 bridgehead atoms. The summed E-state index contributed by atoms with van der Waals surface area (Å²) in [5.74, 6) is -0.142. The summed E-state index contributed by atoms with van der Waals surface area (Å²) in [6, 6.07) is -0.444. The molecule has 1 aliphatic rings. The minimum Gasteiger partial charge on any atom is -0.343 e. The number of hydrogen-bond acceptors (Lipinski definition) is 4. The van der Waals surface area contributed by atoms with Gasteiger partial charge in [0.05, 0.1) is 0 Å². The summed E-state index contributed by atoms with van der Waals surface area (Å²) in [5, 5.41) is 2.73. The van der Waals surface area contributed by atoms with E-state index >= 15 is 0 Å². The van der Waals surface area contributed by atoms with Crippen LogP contribution >= 0.6 is 0 Å². The van der Waals surface area contributed by atoms with Crippen LogP contribution < -0.4 is 5.32 Å². The van der Waals surface area contributed by atoms with Crippen LogP contribution in [0.4, 0.5) is 0 Å². The monoisotopic (exact) mass is 256 g/mol. The van der Waals surface area contributed by atoms with Crippen molar-refractivity contribution in [2.24, 2.45) is 0 Å². The van der Waals surface area contributed by atoms with Crippen LogP contribution in [0, 0.1) is 0 Å². The van der Waals surface area contributed by atoms with Gasteiger partial charge < -0.3 is 20.0 Å². The molecule has 1 rings (SSSR count). The Kier molecular flexibility index (Phi) is 5.55. The van der Waals surface area contributed by atoms with E-state index in [1.165, 1.54) is 6.92 Å². The minimum atomic E-state index is -0.444. The summed E-state index contributed by atoms with van der Waals surface area (Å²) in [7, 11) is 5.84. The Labute approximate surface area is 109 Å². The molecule has 2 amide bonds. The average molecular weight is 256 g/mol. The second-order valence-electron chi connectivity index (χ2n) is 5.14. The van der Waals surface area contributed by atoms with E-state index < -0.39 is 6.04 Å². The van der Waals surface area contributed by atoms with Crippen molar-refractivity contribution in [1.82, 2.24) is 20.0 Å². The summed E-state index contributed by atoms with van der Waals surface area (Å²) < 4.78 is 0. The van der Waals surface area contributed by atoms with Crippen LogP contribution in [-0.4, -0.2) is 86.4 Å². The number of nitrogens with one attached hydrogen (secondary N) is 1. The SMILES string of the molecule is CC(=O)NC(CN(C)C)C(=O)N1CCN(C)CC1. The van der Waals surface area contributed by atoms with E-state index in [4.69, 9.17) is 0 Å². The fourth-order valence-corrected chi connectivity index (χ4v) is 2.04. The molecule has 6 heteroatoms. The molecule has 1 unspecified atom stereocenters. The van der Waals surface area contributed by atoms with Crippen molar-refractivity contribution in [3.63, 3.8) is 0 Å². The molecule has 0 aromatic heterocycles. The second-order valence-corrected chi connectivity index (χ2v) is 5.14. The minimum absolute atomic E-state index is 0.0204. The molecule has 1 aliphatic heterocycles. The van der Waals surface area contributed by atoms with Crippen molar-refractivity contribution in [3.05, 3.63) is 0 Å². The van der Waals surface area contributed by atoms with E-state index in [-0.39, 0.29) is 11.8 Å². The number of carbonyl (C=O) groups excluding carboxylic acids is 2. The highest BCUT2D eigenvalue weighted by molar-refractivity contribution is 5.87. The van der Waals surface area contributed by atoms with E-state index in [1.54, 1.807) is 0 Å². The molecule has 1 fully saturated rings. The van der Waals surface area contributed by atoms with Crippen molar-refractivity contribution >= 4 is 11.8 Å². The largest absolute Gasteiger partial charge is 0.343 e. The van der Waals surface area contributed by atoms with Crippen LogP contribution in [0.5, 0.6) is 0 Å². The molecular weight excluding hydrogens is 232 g/mol. The Bertz CT molecular complexity index is 298. The van der Waals surface area contributed by atoms with Crippen molar-refractivity contribution in [2.75, 3.05) is 53.9 Å². The first kappa shape index (κ1) is 14.9. The van der Waals surface area contributed by atoms with Crippen LogP contribution in [0.15, 0.2) is 0 Å². The second kappa shape index (κ2) is 6.70. The first-order valence-corrected chi connectivity index (χ1v) is 6.29. The van der Waals surface area contributed by atoms with E-state index in [9.17, 15) is 9.59 Å². The first-order valence-electron chi connectivity index (χ1n) is 6.29. The summed E-state index contributed by atoms with van der Waals surface area (Å²) in [6.07, 6.45) is 0. The van der Waals surface area contributed by atoms with Gasteiger partial charge in [-0.15, -0.1) is 0 Å². The Balaban J connectivity index is 2.60. The lowest BCUT2D eigenvalue weighted by Gasteiger charge is -2.35. The molecule has 1 atom stereocenters. The number of rotatable bonds is 4. The van der Waals surface area contributed by atoms with Crippen LogP contribution in [0.2, 0.25) is 0 Å². The fourth-order valence-electron chi connectivity index (χ4n) is 2.04. The van der Waals surface area contributed by atoms with Crippen molar-refractivity contribution in [2.45, 2.75) is 13.0 Å². The number of nitrogens with zero attached hydrogens (tertiary/aromatic N) is 3. The van der Waals surface area contributed by atoms with Gasteiger partial charge in [0, 0.05) is 39.6 Å². The molecule has 0 radical (unpaired) electrons. The summed E-state index contributed by atoms with van der Waals surface area (Å²) >= 11 is 0. The number of amides is 2. The number of hydrogen-bond donors (Lipinski definition) is 1. The molecule has 6 nitrogen and oxygen atoms in total. The standard InChI is InChI=1S/C12H24N4O2/c1-10(17)13-11(9-14(2)3)12(18)16-7-5-15(4)6-8-16/h11H,5-9H2,1-4H3,(H,13,17). The molecule has 104 valence electrons. The maximum atomic E-state index is 12.3. The fraction of sp³-hybridized carbons (Fsp3) is 0.833. The third-order valence-electron chi connectivity index (χ3n) is 3.04. The van der Waals surface area contributed by atoms with Gasteiger partial charge in [0.25, 0.3) is 0 Å². The Hall–Kier alpha value is -1.14. The van der Waals surface area contributed by atoms with Gasteiger partial charge in [-0.05, 0) is 21.1 Å². The first-order chi connectivity index (χ1) is 8.40. The summed E-state index contributed by atoms with van der Waals surface area (Å²) in [6.45, 7) is 5.23. The van der Waals surface area contributed by atoms with Gasteiger partial charge in [-0.1, -0.05) is 0 Å². The number of carbonyl (C=O) groups is 2. The Morgan fingerprint density at radius 2 is 1.78 bits per heavy atom. The highest BCUT2D eigenvalue weighted by Crippen LogP contribution is 2.03. The van der Waals surface area contributed by atoms with Gasteiger partial charge in [-0.2, -0.15) is 0 Å². The Morgan fingerprint density at radius 3 is 2.22 bits per heavy atom. The lowest BCUT2D eigenvalue weighted by molar-refractivity contribution is -0.137. The number of piperazine rings is 1. The lowest BCUT2D eigenvalue weighted by atomic mass is 10.2. The molecule has 0 aromatic rings. The van der Waals surface area contributed by atoms with E-state index in [0.717, 1.165) is 26.2 Å². The van der Waals surface area contributed by atoms with Crippen LogP contribution in [0.1, 0.15) is 6.92 Å². The smallest absolute Gasteiger partial charge is 0.246 e. The topological polar surface area (TPSA) is 55.9 Å². The zero-order valence-corrected chi connectivity index (χ0v) is 11.8. The van der Waals surface area contributed by atoms with Crippen molar-refractivity contribution in [3.8, 4) is 0 Å². The highest BCUT2D eigenvalue weighted by atomic mass is 16.2. The van der Waals surface area contributed by atoms with Gasteiger partial charge >= 0.3 is 0 Å². The van der Waals surface area contributed by atoms with Gasteiger partial charge in [0.2, 0.25) is 11.8 Å². The van der Waals surface area contributed by atoms with Crippen LogP contribution in [0.3, 0.4) is 0 Å². The normalized spacial score (nSPS) is 18.8. The van der Waals surface area contributed by atoms with Gasteiger partial charge in [-0.3, -0.25) is 9.59 Å². The van der Waals surface area contributed by atoms with Gasteiger partial charge in [0.1, 0.15) is 6.04 Å². The molecule has 18 heavy (non-hydrogen) atoms. The van der Waals surface area contributed by atoms with Crippen LogP contribution in [0.25, 0.3) is 0 Å². The van der Waals surface area contributed by atoms with Gasteiger partial charge in [-0.25, -0.2) is 0 Å². The third-order valence-corrected chi connectivity index (χ3v) is 3.04. The maximum Gasteiger partial charge on any atom is 0.246 e. The van der Waals surface area contributed by atoms with Crippen LogP contribution in [-0.2, 0) is 9.59 Å². The molecule has 0 aliphatic carbocycles. The van der Waals surface area contributed by atoms with E-state index in [2.05, 4.69) is 10.2 Å². The highest BCUT2D eigenvalue weighted by Gasteiger charge is 2.27. The lowest BCUT2D eigenvalue weighted by Crippen LogP contribution is -2.56. The number of likely N-dealkylation sites (N-methyl/N-ethyl adjacent to an activating group) is 2. The van der Waals surface area contributed by atoms with Crippen molar-refractivity contribution in [1.29, 1.82) is 0 Å². The molecule has 1 heterocycles. The maximum absolute atomic E-state index is 12.3. The van der Waals surface area contributed by atoms with Gasteiger partial charge in [0.15, 0.2) is 0 Å². The average Bonchev–Trinajstić information content (AvgIpc) is 2.27. The molecular formula is C12H24N4O2. The zero-order chi connectivity index (χ0) is 13.7.